The van der Waals surface area contributed by atoms with E-state index in [4.69, 9.17) is 9.47 Å². The Labute approximate surface area is 155 Å². The van der Waals surface area contributed by atoms with Gasteiger partial charge in [0.05, 0.1) is 5.69 Å². The summed E-state index contributed by atoms with van der Waals surface area (Å²) < 4.78 is 11.2. The smallest absolute Gasteiger partial charge is 0.229 e. The summed E-state index contributed by atoms with van der Waals surface area (Å²) in [5.74, 6) is 1.78. The molecule has 1 aliphatic carbocycles. The number of piperidine rings is 1. The largest absolute Gasteiger partial charge is 0.486 e. The number of carbonyl (C=O) groups is 1. The fraction of sp³-hybridized carbons (Fsp3) is 0.474. The molecule has 5 rings (SSSR count). The Hall–Kier alpha value is -2.12. The molecule has 3 aliphatic rings. The van der Waals surface area contributed by atoms with Crippen molar-refractivity contribution in [2.75, 3.05) is 31.6 Å². The van der Waals surface area contributed by atoms with Gasteiger partial charge in [0.2, 0.25) is 5.91 Å². The minimum atomic E-state index is 0.120. The lowest BCUT2D eigenvalue weighted by atomic mass is 9.92. The lowest BCUT2D eigenvalue weighted by Crippen LogP contribution is -2.31. The number of carbonyl (C=O) groups excluding carboxylic acids is 1. The number of anilines is 1. The fourth-order valence-electron chi connectivity index (χ4n) is 4.05. The van der Waals surface area contributed by atoms with Gasteiger partial charge in [-0.25, -0.2) is 4.98 Å². The summed E-state index contributed by atoms with van der Waals surface area (Å²) in [7, 11) is 0. The van der Waals surface area contributed by atoms with E-state index in [1.54, 1.807) is 0 Å². The third-order valence-electron chi connectivity index (χ3n) is 5.68. The highest BCUT2D eigenvalue weighted by molar-refractivity contribution is 7.14. The van der Waals surface area contributed by atoms with Gasteiger partial charge in [0.1, 0.15) is 13.2 Å². The van der Waals surface area contributed by atoms with Gasteiger partial charge in [0.25, 0.3) is 0 Å². The second kappa shape index (κ2) is 6.25. The van der Waals surface area contributed by atoms with E-state index < -0.39 is 0 Å². The number of fused-ring (bicyclic) bond motifs is 1. The van der Waals surface area contributed by atoms with Crippen LogP contribution in [0, 0.1) is 11.3 Å². The van der Waals surface area contributed by atoms with Gasteiger partial charge in [-0.2, -0.15) is 0 Å². The van der Waals surface area contributed by atoms with Crippen LogP contribution in [0.2, 0.25) is 0 Å². The summed E-state index contributed by atoms with van der Waals surface area (Å²) in [4.78, 5) is 17.2. The highest BCUT2D eigenvalue weighted by Gasteiger charge is 2.57. The normalized spacial score (nSPS) is 22.8. The number of hydrogen-bond acceptors (Lipinski definition) is 6. The van der Waals surface area contributed by atoms with Crippen molar-refractivity contribution < 1.29 is 14.3 Å². The Kier molecular flexibility index (Phi) is 3.86. The number of aromatic nitrogens is 1. The van der Waals surface area contributed by atoms with Gasteiger partial charge in [-0.3, -0.25) is 4.79 Å². The van der Waals surface area contributed by atoms with Crippen molar-refractivity contribution in [3.05, 3.63) is 23.6 Å². The van der Waals surface area contributed by atoms with Crippen LogP contribution in [-0.4, -0.2) is 37.2 Å². The summed E-state index contributed by atoms with van der Waals surface area (Å²) >= 11 is 1.46. The molecule has 1 aromatic carbocycles. The van der Waals surface area contributed by atoms with E-state index in [1.165, 1.54) is 11.3 Å². The van der Waals surface area contributed by atoms with Crippen molar-refractivity contribution in [2.24, 2.45) is 11.3 Å². The topological polar surface area (TPSA) is 72.5 Å². The maximum absolute atomic E-state index is 12.6. The molecular formula is C19H21N3O3S. The molecule has 2 fully saturated rings. The van der Waals surface area contributed by atoms with Gasteiger partial charge in [-0.15, -0.1) is 11.3 Å². The number of nitrogens with one attached hydrogen (secondary N) is 2. The van der Waals surface area contributed by atoms with Crippen molar-refractivity contribution in [2.45, 2.75) is 19.3 Å². The second-order valence-corrected chi connectivity index (χ2v) is 8.11. The van der Waals surface area contributed by atoms with Crippen LogP contribution in [0.15, 0.2) is 23.6 Å². The number of rotatable bonds is 3. The quantitative estimate of drug-likeness (QED) is 0.868. The standard InChI is InChI=1S/C19H21N3O3S/c23-17(13-10-19(13)3-5-20-6-4-19)22-18-21-14(11-26-18)12-1-2-15-16(9-12)25-8-7-24-15/h1-2,9,11,13,20H,3-8,10H2,(H,21,22,23). The molecule has 0 radical (unpaired) electrons. The molecular weight excluding hydrogens is 350 g/mol. The second-order valence-electron chi connectivity index (χ2n) is 7.25. The Morgan fingerprint density at radius 2 is 2.04 bits per heavy atom. The number of amides is 1. The molecule has 1 unspecified atom stereocenters. The van der Waals surface area contributed by atoms with Crippen LogP contribution < -0.4 is 20.1 Å². The molecule has 7 heteroatoms. The Morgan fingerprint density at radius 3 is 2.88 bits per heavy atom. The van der Waals surface area contributed by atoms with Crippen LogP contribution in [0.1, 0.15) is 19.3 Å². The predicted octanol–water partition coefficient (Wildman–Crippen LogP) is 2.91. The highest BCUT2D eigenvalue weighted by atomic mass is 32.1. The van der Waals surface area contributed by atoms with Gasteiger partial charge in [-0.1, -0.05) is 0 Å². The monoisotopic (exact) mass is 371 g/mol. The fourth-order valence-corrected chi connectivity index (χ4v) is 4.78. The zero-order valence-electron chi connectivity index (χ0n) is 14.4. The zero-order valence-corrected chi connectivity index (χ0v) is 15.2. The Bertz CT molecular complexity index is 844. The van der Waals surface area contributed by atoms with Crippen molar-refractivity contribution in [3.8, 4) is 22.8 Å². The van der Waals surface area contributed by atoms with E-state index in [0.717, 1.165) is 55.1 Å². The minimum Gasteiger partial charge on any atom is -0.486 e. The molecule has 136 valence electrons. The van der Waals surface area contributed by atoms with Crippen LogP contribution in [0.25, 0.3) is 11.3 Å². The van der Waals surface area contributed by atoms with Crippen LogP contribution in [-0.2, 0) is 4.79 Å². The summed E-state index contributed by atoms with van der Waals surface area (Å²) in [6, 6.07) is 5.83. The highest BCUT2D eigenvalue weighted by Crippen LogP contribution is 2.58. The molecule has 3 heterocycles. The van der Waals surface area contributed by atoms with Gasteiger partial charge >= 0.3 is 0 Å². The predicted molar refractivity (Wildman–Crippen MR) is 99.8 cm³/mol. The first-order valence-corrected chi connectivity index (χ1v) is 9.99. The molecule has 1 saturated heterocycles. The lowest BCUT2D eigenvalue weighted by Gasteiger charge is -2.22. The minimum absolute atomic E-state index is 0.120. The van der Waals surface area contributed by atoms with Gasteiger partial charge in [-0.05, 0) is 56.0 Å². The molecule has 2 N–H and O–H groups in total. The molecule has 2 aromatic rings. The van der Waals surface area contributed by atoms with Gasteiger partial charge < -0.3 is 20.1 Å². The van der Waals surface area contributed by atoms with E-state index in [9.17, 15) is 4.79 Å². The average molecular weight is 371 g/mol. The van der Waals surface area contributed by atoms with Crippen LogP contribution in [0.4, 0.5) is 5.13 Å². The zero-order chi connectivity index (χ0) is 17.6. The maximum Gasteiger partial charge on any atom is 0.229 e. The maximum atomic E-state index is 12.6. The van der Waals surface area contributed by atoms with Crippen molar-refractivity contribution in [3.63, 3.8) is 0 Å². The first-order chi connectivity index (χ1) is 12.7. The summed E-state index contributed by atoms with van der Waals surface area (Å²) in [5, 5.41) is 9.02. The van der Waals surface area contributed by atoms with Crippen molar-refractivity contribution in [1.29, 1.82) is 0 Å². The molecule has 0 bridgehead atoms. The number of ether oxygens (including phenoxy) is 2. The molecule has 2 aliphatic heterocycles. The summed E-state index contributed by atoms with van der Waals surface area (Å²) in [6.07, 6.45) is 3.22. The third kappa shape index (κ3) is 2.85. The molecule has 1 amide bonds. The summed E-state index contributed by atoms with van der Waals surface area (Å²) in [5.41, 5.74) is 2.05. The van der Waals surface area contributed by atoms with E-state index in [2.05, 4.69) is 15.6 Å². The van der Waals surface area contributed by atoms with E-state index in [0.29, 0.717) is 18.3 Å². The van der Waals surface area contributed by atoms with E-state index in [1.807, 2.05) is 23.6 Å². The lowest BCUT2D eigenvalue weighted by molar-refractivity contribution is -0.118. The number of nitrogens with zero attached hydrogens (tertiary/aromatic N) is 1. The van der Waals surface area contributed by atoms with Crippen LogP contribution >= 0.6 is 11.3 Å². The molecule has 1 atom stereocenters. The van der Waals surface area contributed by atoms with Crippen LogP contribution in [0.5, 0.6) is 11.5 Å². The molecule has 1 spiro atoms. The van der Waals surface area contributed by atoms with Crippen molar-refractivity contribution in [1.82, 2.24) is 10.3 Å². The SMILES string of the molecule is O=C(Nc1nc(-c2ccc3c(c2)OCCO3)cs1)C1CC12CCNCC2. The number of hydrogen-bond donors (Lipinski definition) is 2. The first-order valence-electron chi connectivity index (χ1n) is 9.11. The molecule has 1 aromatic heterocycles. The third-order valence-corrected chi connectivity index (χ3v) is 6.44. The Balaban J connectivity index is 1.28. The van der Waals surface area contributed by atoms with E-state index in [-0.39, 0.29) is 17.2 Å². The number of benzene rings is 1. The van der Waals surface area contributed by atoms with E-state index >= 15 is 0 Å². The van der Waals surface area contributed by atoms with Crippen molar-refractivity contribution >= 4 is 22.4 Å². The van der Waals surface area contributed by atoms with Crippen LogP contribution in [0.3, 0.4) is 0 Å². The molecule has 6 nitrogen and oxygen atoms in total. The Morgan fingerprint density at radius 1 is 1.23 bits per heavy atom. The van der Waals surface area contributed by atoms with Gasteiger partial charge in [0.15, 0.2) is 16.6 Å². The molecule has 26 heavy (non-hydrogen) atoms. The van der Waals surface area contributed by atoms with Gasteiger partial charge in [0, 0.05) is 16.9 Å². The summed E-state index contributed by atoms with van der Waals surface area (Å²) in [6.45, 7) is 3.19. The number of thiazole rings is 1. The average Bonchev–Trinajstić information content (AvgIpc) is 3.16. The first kappa shape index (κ1) is 16.1. The molecule has 1 saturated carbocycles.